The molecule has 0 fully saturated rings. The predicted molar refractivity (Wildman–Crippen MR) is 88.3 cm³/mol. The molecule has 2 N–H and O–H groups in total. The molecule has 0 unspecified atom stereocenters. The number of carbonyl (C=O) groups excluding carboxylic acids is 1. The van der Waals surface area contributed by atoms with Crippen LogP contribution in [0.4, 0.5) is 11.4 Å². The minimum atomic E-state index is 0.112. The maximum Gasteiger partial charge on any atom is 0.231 e. The monoisotopic (exact) mass is 305 g/mol. The number of nitrogen functional groups attached to an aromatic ring is 1. The smallest absolute Gasteiger partial charge is 0.231 e. The Bertz CT molecular complexity index is 915. The highest BCUT2D eigenvalue weighted by molar-refractivity contribution is 6.01. The molecule has 0 bridgehead atoms. The molecule has 6 nitrogen and oxygen atoms in total. The third-order valence-electron chi connectivity index (χ3n) is 4.08. The number of likely N-dealkylation sites (N-methyl/N-ethyl adjacent to an activating group) is 1. The third-order valence-corrected chi connectivity index (χ3v) is 4.08. The highest BCUT2D eigenvalue weighted by Gasteiger charge is 2.24. The van der Waals surface area contributed by atoms with Crippen LogP contribution >= 0.6 is 0 Å². The van der Waals surface area contributed by atoms with Gasteiger partial charge in [0.15, 0.2) is 0 Å². The van der Waals surface area contributed by atoms with E-state index in [2.05, 4.69) is 10.3 Å². The second-order valence-electron chi connectivity index (χ2n) is 5.62. The van der Waals surface area contributed by atoms with Crippen molar-refractivity contribution in [1.29, 1.82) is 0 Å². The lowest BCUT2D eigenvalue weighted by atomic mass is 10.1. The van der Waals surface area contributed by atoms with E-state index in [0.29, 0.717) is 12.1 Å². The van der Waals surface area contributed by atoms with E-state index in [1.807, 2.05) is 48.7 Å². The average Bonchev–Trinajstić information content (AvgIpc) is 3.13. The first-order valence-electron chi connectivity index (χ1n) is 7.30. The highest BCUT2D eigenvalue weighted by Crippen LogP contribution is 2.31. The summed E-state index contributed by atoms with van der Waals surface area (Å²) < 4.78 is 1.69. The normalized spacial score (nSPS) is 13.4. The van der Waals surface area contributed by atoms with Crippen molar-refractivity contribution in [3.8, 4) is 16.9 Å². The van der Waals surface area contributed by atoms with E-state index in [1.54, 1.807) is 16.6 Å². The van der Waals surface area contributed by atoms with Crippen LogP contribution in [0.15, 0.2) is 48.7 Å². The Hall–Kier alpha value is -3.15. The van der Waals surface area contributed by atoms with E-state index in [9.17, 15) is 4.79 Å². The number of fused-ring (bicyclic) bond motifs is 1. The zero-order valence-electron chi connectivity index (χ0n) is 12.6. The lowest BCUT2D eigenvalue weighted by Crippen LogP contribution is -2.20. The van der Waals surface area contributed by atoms with Crippen LogP contribution in [-0.4, -0.2) is 27.9 Å². The molecule has 2 aromatic carbocycles. The van der Waals surface area contributed by atoms with Gasteiger partial charge in [-0.15, -0.1) is 5.10 Å². The van der Waals surface area contributed by atoms with Crippen molar-refractivity contribution < 1.29 is 4.79 Å². The summed E-state index contributed by atoms with van der Waals surface area (Å²) in [4.78, 5) is 13.5. The van der Waals surface area contributed by atoms with Crippen LogP contribution in [0.1, 0.15) is 5.56 Å². The molecule has 4 rings (SSSR count). The van der Waals surface area contributed by atoms with Gasteiger partial charge in [0.05, 0.1) is 18.3 Å². The quantitative estimate of drug-likeness (QED) is 0.735. The van der Waals surface area contributed by atoms with Gasteiger partial charge in [0.1, 0.15) is 5.69 Å². The molecule has 0 radical (unpaired) electrons. The number of aromatic nitrogens is 3. The van der Waals surface area contributed by atoms with E-state index in [-0.39, 0.29) is 5.91 Å². The number of nitrogens with zero attached hydrogens (tertiary/aromatic N) is 4. The Balaban J connectivity index is 1.70. The topological polar surface area (TPSA) is 77.0 Å². The molecule has 1 aliphatic heterocycles. The van der Waals surface area contributed by atoms with Crippen molar-refractivity contribution in [2.75, 3.05) is 17.7 Å². The minimum Gasteiger partial charge on any atom is -0.399 e. The van der Waals surface area contributed by atoms with Gasteiger partial charge in [0.25, 0.3) is 0 Å². The van der Waals surface area contributed by atoms with Gasteiger partial charge in [-0.2, -0.15) is 0 Å². The maximum atomic E-state index is 11.8. The van der Waals surface area contributed by atoms with Crippen molar-refractivity contribution in [2.45, 2.75) is 6.42 Å². The zero-order chi connectivity index (χ0) is 16.0. The number of rotatable bonds is 2. The predicted octanol–water partition coefficient (Wildman–Crippen LogP) is 2.04. The van der Waals surface area contributed by atoms with E-state index in [0.717, 1.165) is 28.2 Å². The lowest BCUT2D eigenvalue weighted by molar-refractivity contribution is -0.117. The SMILES string of the molecule is CN1C(=O)Cc2cc(-c3cn(-c4cccc(N)c4)nn3)ccc21. The third kappa shape index (κ3) is 2.24. The van der Waals surface area contributed by atoms with Gasteiger partial charge < -0.3 is 10.6 Å². The standard InChI is InChI=1S/C17H15N5O/c1-21-16-6-5-11(7-12(16)8-17(21)23)15-10-22(20-19-15)14-4-2-3-13(18)9-14/h2-7,9-10H,8,18H2,1H3. The first kappa shape index (κ1) is 13.5. The van der Waals surface area contributed by atoms with Gasteiger partial charge in [-0.25, -0.2) is 4.68 Å². The summed E-state index contributed by atoms with van der Waals surface area (Å²) in [5.41, 5.74) is 11.0. The Morgan fingerprint density at radius 3 is 2.87 bits per heavy atom. The Morgan fingerprint density at radius 2 is 2.04 bits per heavy atom. The fraction of sp³-hybridized carbons (Fsp3) is 0.118. The van der Waals surface area contributed by atoms with Crippen LogP contribution in [0, 0.1) is 0 Å². The molecule has 0 aliphatic carbocycles. The number of nitrogens with two attached hydrogens (primary N) is 1. The zero-order valence-corrected chi connectivity index (χ0v) is 12.6. The first-order valence-corrected chi connectivity index (χ1v) is 7.30. The maximum absolute atomic E-state index is 11.8. The summed E-state index contributed by atoms with van der Waals surface area (Å²) in [7, 11) is 1.80. The lowest BCUT2D eigenvalue weighted by Gasteiger charge is -2.09. The Labute approximate surface area is 133 Å². The first-order chi connectivity index (χ1) is 11.1. The van der Waals surface area contributed by atoms with E-state index in [4.69, 9.17) is 5.73 Å². The van der Waals surface area contributed by atoms with Gasteiger partial charge in [0, 0.05) is 24.0 Å². The van der Waals surface area contributed by atoms with Gasteiger partial charge in [0.2, 0.25) is 5.91 Å². The molecule has 2 heterocycles. The molecular formula is C17H15N5O. The molecule has 0 spiro atoms. The number of amides is 1. The molecule has 0 saturated heterocycles. The van der Waals surface area contributed by atoms with Gasteiger partial charge in [-0.05, 0) is 35.9 Å². The van der Waals surface area contributed by atoms with Crippen molar-refractivity contribution >= 4 is 17.3 Å². The fourth-order valence-electron chi connectivity index (χ4n) is 2.82. The van der Waals surface area contributed by atoms with E-state index >= 15 is 0 Å². The van der Waals surface area contributed by atoms with Crippen LogP contribution < -0.4 is 10.6 Å². The summed E-state index contributed by atoms with van der Waals surface area (Å²) in [6, 6.07) is 13.4. The van der Waals surface area contributed by atoms with Crippen LogP contribution in [0.5, 0.6) is 0 Å². The second-order valence-corrected chi connectivity index (χ2v) is 5.62. The minimum absolute atomic E-state index is 0.112. The van der Waals surface area contributed by atoms with Gasteiger partial charge >= 0.3 is 0 Å². The molecule has 1 aliphatic rings. The number of hydrogen-bond acceptors (Lipinski definition) is 4. The second kappa shape index (κ2) is 4.95. The van der Waals surface area contributed by atoms with Gasteiger partial charge in [-0.3, -0.25) is 4.79 Å². The van der Waals surface area contributed by atoms with Crippen LogP contribution in [0.3, 0.4) is 0 Å². The molecule has 1 amide bonds. The molecule has 0 saturated carbocycles. The van der Waals surface area contributed by atoms with Crippen molar-refractivity contribution in [3.63, 3.8) is 0 Å². The molecule has 6 heteroatoms. The number of anilines is 2. The van der Waals surface area contributed by atoms with Crippen molar-refractivity contribution in [2.24, 2.45) is 0 Å². The van der Waals surface area contributed by atoms with Crippen LogP contribution in [0.25, 0.3) is 16.9 Å². The van der Waals surface area contributed by atoms with Crippen molar-refractivity contribution in [3.05, 3.63) is 54.2 Å². The largest absolute Gasteiger partial charge is 0.399 e. The van der Waals surface area contributed by atoms with E-state index < -0.39 is 0 Å². The average molecular weight is 305 g/mol. The van der Waals surface area contributed by atoms with Crippen LogP contribution in [-0.2, 0) is 11.2 Å². The van der Waals surface area contributed by atoms with Crippen molar-refractivity contribution in [1.82, 2.24) is 15.0 Å². The fourth-order valence-corrected chi connectivity index (χ4v) is 2.82. The highest BCUT2D eigenvalue weighted by atomic mass is 16.2. The molecule has 114 valence electrons. The number of hydrogen-bond donors (Lipinski definition) is 1. The van der Waals surface area contributed by atoms with Crippen LogP contribution in [0.2, 0.25) is 0 Å². The summed E-state index contributed by atoms with van der Waals surface area (Å²) in [6.07, 6.45) is 2.29. The summed E-state index contributed by atoms with van der Waals surface area (Å²) >= 11 is 0. The molecule has 23 heavy (non-hydrogen) atoms. The molecular weight excluding hydrogens is 290 g/mol. The number of benzene rings is 2. The summed E-state index contributed by atoms with van der Waals surface area (Å²) in [5, 5.41) is 8.39. The summed E-state index contributed by atoms with van der Waals surface area (Å²) in [5.74, 6) is 0.112. The molecule has 3 aromatic rings. The number of carbonyl (C=O) groups is 1. The van der Waals surface area contributed by atoms with Gasteiger partial charge in [-0.1, -0.05) is 17.3 Å². The summed E-state index contributed by atoms with van der Waals surface area (Å²) in [6.45, 7) is 0. The molecule has 1 aromatic heterocycles. The molecule has 0 atom stereocenters. The Morgan fingerprint density at radius 1 is 1.17 bits per heavy atom. The van der Waals surface area contributed by atoms with E-state index in [1.165, 1.54) is 0 Å². The Kier molecular flexibility index (Phi) is 2.90.